The van der Waals surface area contributed by atoms with Crippen molar-refractivity contribution >= 4 is 19.2 Å². The topological polar surface area (TPSA) is 66.8 Å². The number of phenols is 1. The molecule has 0 aromatic heterocycles. The summed E-state index contributed by atoms with van der Waals surface area (Å²) in [6, 6.07) is 4.62. The Balaban J connectivity index is 2.64. The van der Waals surface area contributed by atoms with Crippen LogP contribution in [0.5, 0.6) is 5.75 Å². The van der Waals surface area contributed by atoms with Gasteiger partial charge in [-0.2, -0.15) is 0 Å². The van der Waals surface area contributed by atoms with E-state index < -0.39 is 7.60 Å². The maximum absolute atomic E-state index is 11.8. The number of rotatable bonds is 6. The molecule has 0 aliphatic carbocycles. The van der Waals surface area contributed by atoms with E-state index in [4.69, 9.17) is 16.1 Å². The average Bonchev–Trinajstić information content (AvgIpc) is 2.30. The smallest absolute Gasteiger partial charge is 0.328 e. The summed E-state index contributed by atoms with van der Waals surface area (Å²) in [5.74, 6) is 0.0722. The second-order valence-corrected chi connectivity index (χ2v) is 6.58. The summed E-state index contributed by atoms with van der Waals surface area (Å²) in [4.78, 5) is 9.66. The van der Waals surface area contributed by atoms with E-state index in [1.807, 2.05) is 6.92 Å². The monoisotopic (exact) mass is 292 g/mol. The van der Waals surface area contributed by atoms with Crippen molar-refractivity contribution in [3.63, 3.8) is 0 Å². The van der Waals surface area contributed by atoms with E-state index in [0.29, 0.717) is 17.0 Å². The molecule has 1 aromatic rings. The third-order valence-corrected chi connectivity index (χ3v) is 4.34. The molecule has 6 heteroatoms. The number of aryl methyl sites for hydroxylation is 1. The van der Waals surface area contributed by atoms with Gasteiger partial charge in [0.1, 0.15) is 5.75 Å². The maximum atomic E-state index is 11.8. The normalized spacial score (nSPS) is 16.2. The van der Waals surface area contributed by atoms with Crippen LogP contribution in [0.15, 0.2) is 18.2 Å². The predicted molar refractivity (Wildman–Crippen MR) is 72.4 cm³/mol. The molecule has 1 rings (SSSR count). The van der Waals surface area contributed by atoms with Crippen LogP contribution in [-0.4, -0.2) is 22.3 Å². The maximum Gasteiger partial charge on any atom is 0.328 e. The van der Waals surface area contributed by atoms with E-state index in [0.717, 1.165) is 0 Å². The lowest BCUT2D eigenvalue weighted by Gasteiger charge is -2.16. The summed E-state index contributed by atoms with van der Waals surface area (Å²) in [6.07, 6.45) is 0.628. The summed E-state index contributed by atoms with van der Waals surface area (Å²) >= 11 is 5.80. The molecule has 0 spiro atoms. The minimum Gasteiger partial charge on any atom is -0.508 e. The highest BCUT2D eigenvalue weighted by atomic mass is 35.5. The Morgan fingerprint density at radius 2 is 2.17 bits per heavy atom. The lowest BCUT2D eigenvalue weighted by molar-refractivity contribution is 0.185. The number of phenolic OH excluding ortho intramolecular Hbond substituents is 1. The molecule has 2 atom stereocenters. The van der Waals surface area contributed by atoms with Gasteiger partial charge in [-0.25, -0.2) is 0 Å². The van der Waals surface area contributed by atoms with Gasteiger partial charge in [-0.05, 0) is 43.5 Å². The first-order chi connectivity index (χ1) is 8.34. The number of aromatic hydroxyl groups is 1. The van der Waals surface area contributed by atoms with Gasteiger partial charge in [0, 0.05) is 5.02 Å². The molecule has 0 bridgehead atoms. The molecule has 0 saturated heterocycles. The molecule has 0 fully saturated rings. The number of hydrogen-bond donors (Lipinski definition) is 2. The third-order valence-electron chi connectivity index (χ3n) is 2.62. The average molecular weight is 293 g/mol. The van der Waals surface area contributed by atoms with Crippen molar-refractivity contribution in [3.05, 3.63) is 28.8 Å². The first-order valence-electron chi connectivity index (χ1n) is 5.81. The lowest BCUT2D eigenvalue weighted by atomic mass is 10.1. The predicted octanol–water partition coefficient (Wildman–Crippen LogP) is 3.59. The van der Waals surface area contributed by atoms with Crippen molar-refractivity contribution in [3.8, 4) is 5.75 Å². The zero-order valence-corrected chi connectivity index (χ0v) is 12.1. The second kappa shape index (κ2) is 6.58. The van der Waals surface area contributed by atoms with Crippen molar-refractivity contribution in [1.29, 1.82) is 0 Å². The van der Waals surface area contributed by atoms with Crippen LogP contribution in [0.4, 0.5) is 0 Å². The van der Waals surface area contributed by atoms with Crippen LogP contribution in [-0.2, 0) is 15.5 Å². The van der Waals surface area contributed by atoms with Crippen LogP contribution in [0.25, 0.3) is 0 Å². The quantitative estimate of drug-likeness (QED) is 0.786. The van der Waals surface area contributed by atoms with Gasteiger partial charge in [0.05, 0.1) is 12.3 Å². The van der Waals surface area contributed by atoms with Gasteiger partial charge in [0.25, 0.3) is 0 Å². The Labute approximate surface area is 112 Å². The highest BCUT2D eigenvalue weighted by Crippen LogP contribution is 2.44. The molecule has 4 nitrogen and oxygen atoms in total. The molecular weight excluding hydrogens is 275 g/mol. The van der Waals surface area contributed by atoms with Gasteiger partial charge in [-0.1, -0.05) is 18.5 Å². The fraction of sp³-hybridized carbons (Fsp3) is 0.500. The van der Waals surface area contributed by atoms with Crippen molar-refractivity contribution in [2.75, 3.05) is 6.16 Å². The zero-order chi connectivity index (χ0) is 13.8. The van der Waals surface area contributed by atoms with Crippen LogP contribution in [0.2, 0.25) is 5.02 Å². The summed E-state index contributed by atoms with van der Waals surface area (Å²) in [5.41, 5.74) is 0.546. The van der Waals surface area contributed by atoms with Crippen molar-refractivity contribution in [2.45, 2.75) is 32.8 Å². The van der Waals surface area contributed by atoms with Crippen LogP contribution in [0, 0.1) is 0 Å². The highest BCUT2D eigenvalue weighted by molar-refractivity contribution is 7.52. The Morgan fingerprint density at radius 1 is 1.50 bits per heavy atom. The molecule has 0 aliphatic heterocycles. The van der Waals surface area contributed by atoms with E-state index in [1.54, 1.807) is 19.1 Å². The molecule has 0 radical (unpaired) electrons. The number of benzene rings is 1. The third kappa shape index (κ3) is 4.99. The van der Waals surface area contributed by atoms with E-state index in [-0.39, 0.29) is 24.4 Å². The lowest BCUT2D eigenvalue weighted by Crippen LogP contribution is -2.07. The fourth-order valence-electron chi connectivity index (χ4n) is 1.42. The summed E-state index contributed by atoms with van der Waals surface area (Å²) in [6.45, 7) is 3.63. The molecule has 1 aromatic carbocycles. The Hall–Kier alpha value is -0.540. The molecule has 18 heavy (non-hydrogen) atoms. The minimum absolute atomic E-state index is 0.0365. The zero-order valence-electron chi connectivity index (χ0n) is 10.5. The van der Waals surface area contributed by atoms with E-state index in [2.05, 4.69) is 0 Å². The van der Waals surface area contributed by atoms with Crippen LogP contribution in [0.3, 0.4) is 0 Å². The first-order valence-corrected chi connectivity index (χ1v) is 7.95. The fourth-order valence-corrected chi connectivity index (χ4v) is 2.96. The summed E-state index contributed by atoms with van der Waals surface area (Å²) in [7, 11) is -3.62. The Morgan fingerprint density at radius 3 is 2.78 bits per heavy atom. The van der Waals surface area contributed by atoms with Crippen LogP contribution >= 0.6 is 19.2 Å². The molecule has 102 valence electrons. The van der Waals surface area contributed by atoms with Gasteiger partial charge >= 0.3 is 7.60 Å². The molecular formula is C12H18ClO4P. The van der Waals surface area contributed by atoms with Gasteiger partial charge in [0.2, 0.25) is 0 Å². The van der Waals surface area contributed by atoms with Gasteiger partial charge < -0.3 is 14.5 Å². The van der Waals surface area contributed by atoms with Crippen LogP contribution in [0.1, 0.15) is 25.8 Å². The number of halogens is 1. The number of hydrogen-bond acceptors (Lipinski definition) is 3. The van der Waals surface area contributed by atoms with Crippen molar-refractivity contribution in [1.82, 2.24) is 0 Å². The Bertz CT molecular complexity index is 450. The van der Waals surface area contributed by atoms with Crippen molar-refractivity contribution in [2.24, 2.45) is 0 Å². The second-order valence-electron chi connectivity index (χ2n) is 4.21. The standard InChI is InChI=1S/C12H18ClO4P/c1-3-9(2)17-18(15,16)7-6-10-8-11(13)4-5-12(10)14/h4-5,8-9,14H,3,6-7H2,1-2H3,(H,15,16). The largest absolute Gasteiger partial charge is 0.508 e. The molecule has 0 amide bonds. The molecule has 0 saturated carbocycles. The van der Waals surface area contributed by atoms with Gasteiger partial charge in [0.15, 0.2) is 0 Å². The van der Waals surface area contributed by atoms with E-state index in [9.17, 15) is 14.6 Å². The molecule has 0 aliphatic rings. The highest BCUT2D eigenvalue weighted by Gasteiger charge is 2.22. The van der Waals surface area contributed by atoms with E-state index in [1.165, 1.54) is 6.07 Å². The molecule has 0 heterocycles. The Kier molecular flexibility index (Phi) is 5.67. The minimum atomic E-state index is -3.62. The van der Waals surface area contributed by atoms with E-state index >= 15 is 0 Å². The molecule has 2 N–H and O–H groups in total. The van der Waals surface area contributed by atoms with Crippen molar-refractivity contribution < 1.29 is 19.1 Å². The molecule has 2 unspecified atom stereocenters. The van der Waals surface area contributed by atoms with Gasteiger partial charge in [-0.3, -0.25) is 4.57 Å². The first kappa shape index (κ1) is 15.5. The van der Waals surface area contributed by atoms with Crippen LogP contribution < -0.4 is 0 Å². The SMILES string of the molecule is CCC(C)OP(=O)(O)CCc1cc(Cl)ccc1O. The summed E-state index contributed by atoms with van der Waals surface area (Å²) < 4.78 is 16.8. The summed E-state index contributed by atoms with van der Waals surface area (Å²) in [5, 5.41) is 10.1. The van der Waals surface area contributed by atoms with Gasteiger partial charge in [-0.15, -0.1) is 0 Å².